The largest absolute Gasteiger partial charge is 0.489 e. The Hall–Kier alpha value is -2.73. The number of rotatable bonds is 4. The lowest BCUT2D eigenvalue weighted by Crippen LogP contribution is -2.19. The van der Waals surface area contributed by atoms with E-state index in [1.807, 2.05) is 54.6 Å². The van der Waals surface area contributed by atoms with Crippen molar-refractivity contribution in [3.8, 4) is 17.6 Å². The number of hydrogen-bond donors (Lipinski definition) is 1. The Morgan fingerprint density at radius 3 is 2.71 bits per heavy atom. The number of amides is 1. The van der Waals surface area contributed by atoms with Crippen molar-refractivity contribution in [3.63, 3.8) is 0 Å². The number of nitrogens with one attached hydrogen (secondary N) is 1. The summed E-state index contributed by atoms with van der Waals surface area (Å²) in [6.45, 7) is 2.35. The van der Waals surface area contributed by atoms with E-state index in [-0.39, 0.29) is 5.91 Å². The average Bonchev–Trinajstić information content (AvgIpc) is 2.51. The zero-order valence-electron chi connectivity index (χ0n) is 11.9. The van der Waals surface area contributed by atoms with Crippen LogP contribution in [0.25, 0.3) is 0 Å². The van der Waals surface area contributed by atoms with Gasteiger partial charge in [-0.05, 0) is 23.8 Å². The normalized spacial score (nSPS) is 9.38. The summed E-state index contributed by atoms with van der Waals surface area (Å²) < 4.78 is 5.74. The van der Waals surface area contributed by atoms with Crippen LogP contribution in [0.2, 0.25) is 0 Å². The maximum atomic E-state index is 10.7. The van der Waals surface area contributed by atoms with E-state index in [0.29, 0.717) is 13.2 Å². The van der Waals surface area contributed by atoms with Crippen molar-refractivity contribution in [2.75, 3.05) is 6.54 Å². The van der Waals surface area contributed by atoms with Crippen LogP contribution in [-0.4, -0.2) is 12.5 Å². The fourth-order valence-electron chi connectivity index (χ4n) is 1.72. The van der Waals surface area contributed by atoms with E-state index in [9.17, 15) is 4.79 Å². The smallest absolute Gasteiger partial charge is 0.217 e. The van der Waals surface area contributed by atoms with Gasteiger partial charge in [0.25, 0.3) is 0 Å². The molecule has 0 spiro atoms. The van der Waals surface area contributed by atoms with E-state index in [0.717, 1.165) is 16.9 Å². The Bertz CT molecular complexity index is 654. The van der Waals surface area contributed by atoms with Crippen LogP contribution in [0.4, 0.5) is 0 Å². The molecule has 1 amide bonds. The van der Waals surface area contributed by atoms with Gasteiger partial charge in [0.2, 0.25) is 5.91 Å². The minimum Gasteiger partial charge on any atom is -0.489 e. The van der Waals surface area contributed by atoms with E-state index < -0.39 is 0 Å². The molecule has 0 aromatic heterocycles. The molecule has 0 radical (unpaired) electrons. The van der Waals surface area contributed by atoms with Crippen molar-refractivity contribution in [1.29, 1.82) is 0 Å². The average molecular weight is 279 g/mol. The third-order valence-corrected chi connectivity index (χ3v) is 2.74. The Morgan fingerprint density at radius 2 is 1.95 bits per heavy atom. The fourth-order valence-corrected chi connectivity index (χ4v) is 1.72. The van der Waals surface area contributed by atoms with Gasteiger partial charge in [0.15, 0.2) is 0 Å². The molecule has 2 aromatic rings. The van der Waals surface area contributed by atoms with Gasteiger partial charge in [-0.15, -0.1) is 0 Å². The van der Waals surface area contributed by atoms with Gasteiger partial charge in [0.05, 0.1) is 6.54 Å². The Balaban J connectivity index is 1.93. The first-order valence-electron chi connectivity index (χ1n) is 6.74. The van der Waals surface area contributed by atoms with Crippen LogP contribution in [0, 0.1) is 11.8 Å². The van der Waals surface area contributed by atoms with Crippen molar-refractivity contribution in [1.82, 2.24) is 5.32 Å². The number of benzene rings is 2. The van der Waals surface area contributed by atoms with Crippen LogP contribution in [0.15, 0.2) is 54.6 Å². The van der Waals surface area contributed by atoms with Crippen molar-refractivity contribution in [3.05, 3.63) is 65.7 Å². The molecule has 0 unspecified atom stereocenters. The SMILES string of the molecule is CC(=O)NCC#Cc1cccc(OCc2ccccc2)c1. The van der Waals surface area contributed by atoms with Crippen LogP contribution >= 0.6 is 0 Å². The van der Waals surface area contributed by atoms with Gasteiger partial charge in [-0.3, -0.25) is 4.79 Å². The molecule has 0 aliphatic rings. The Labute approximate surface area is 125 Å². The van der Waals surface area contributed by atoms with Gasteiger partial charge in [-0.1, -0.05) is 48.2 Å². The fraction of sp³-hybridized carbons (Fsp3) is 0.167. The number of carbonyl (C=O) groups excluding carboxylic acids is 1. The Morgan fingerprint density at radius 1 is 1.14 bits per heavy atom. The van der Waals surface area contributed by atoms with Gasteiger partial charge in [0.1, 0.15) is 12.4 Å². The topological polar surface area (TPSA) is 38.3 Å². The zero-order chi connectivity index (χ0) is 14.9. The second-order valence-corrected chi connectivity index (χ2v) is 4.51. The molecule has 0 aliphatic heterocycles. The summed E-state index contributed by atoms with van der Waals surface area (Å²) in [6, 6.07) is 17.6. The second-order valence-electron chi connectivity index (χ2n) is 4.51. The quantitative estimate of drug-likeness (QED) is 0.874. The predicted octanol–water partition coefficient (Wildman–Crippen LogP) is 2.75. The molecule has 0 bridgehead atoms. The highest BCUT2D eigenvalue weighted by Gasteiger charge is 1.96. The Kier molecular flexibility index (Phi) is 5.42. The highest BCUT2D eigenvalue weighted by Crippen LogP contribution is 2.14. The summed E-state index contributed by atoms with van der Waals surface area (Å²) >= 11 is 0. The van der Waals surface area contributed by atoms with E-state index in [2.05, 4.69) is 17.2 Å². The second kappa shape index (κ2) is 7.76. The molecule has 21 heavy (non-hydrogen) atoms. The molecular weight excluding hydrogens is 262 g/mol. The molecular formula is C18H17NO2. The van der Waals surface area contributed by atoms with E-state index >= 15 is 0 Å². The summed E-state index contributed by atoms with van der Waals surface area (Å²) in [6.07, 6.45) is 0. The van der Waals surface area contributed by atoms with Gasteiger partial charge in [0, 0.05) is 12.5 Å². The molecule has 0 aliphatic carbocycles. The molecule has 1 N–H and O–H groups in total. The minimum atomic E-state index is -0.0794. The van der Waals surface area contributed by atoms with Crippen LogP contribution < -0.4 is 10.1 Å². The van der Waals surface area contributed by atoms with Crippen molar-refractivity contribution >= 4 is 5.91 Å². The standard InChI is InChI=1S/C18H17NO2/c1-15(20)19-12-6-10-16-9-5-11-18(13-16)21-14-17-7-3-2-4-8-17/h2-5,7-9,11,13H,12,14H2,1H3,(H,19,20). The molecule has 106 valence electrons. The van der Waals surface area contributed by atoms with Crippen LogP contribution in [0.3, 0.4) is 0 Å². The van der Waals surface area contributed by atoms with Crippen LogP contribution in [-0.2, 0) is 11.4 Å². The first-order valence-corrected chi connectivity index (χ1v) is 6.74. The van der Waals surface area contributed by atoms with Gasteiger partial charge >= 0.3 is 0 Å². The summed E-state index contributed by atoms with van der Waals surface area (Å²) in [7, 11) is 0. The summed E-state index contributed by atoms with van der Waals surface area (Å²) in [4.78, 5) is 10.7. The van der Waals surface area contributed by atoms with Crippen LogP contribution in [0.5, 0.6) is 5.75 Å². The first-order chi connectivity index (χ1) is 10.2. The molecule has 2 aromatic carbocycles. The maximum absolute atomic E-state index is 10.7. The molecule has 0 heterocycles. The maximum Gasteiger partial charge on any atom is 0.217 e. The highest BCUT2D eigenvalue weighted by atomic mass is 16.5. The first kappa shape index (κ1) is 14.7. The molecule has 3 heteroatoms. The third kappa shape index (κ3) is 5.42. The lowest BCUT2D eigenvalue weighted by Gasteiger charge is -2.06. The summed E-state index contributed by atoms with van der Waals surface area (Å²) in [5.41, 5.74) is 1.99. The van der Waals surface area contributed by atoms with Crippen LogP contribution in [0.1, 0.15) is 18.1 Å². The number of hydrogen-bond acceptors (Lipinski definition) is 2. The molecule has 0 atom stereocenters. The van der Waals surface area contributed by atoms with Gasteiger partial charge in [-0.25, -0.2) is 0 Å². The van der Waals surface area contributed by atoms with E-state index in [1.165, 1.54) is 6.92 Å². The monoisotopic (exact) mass is 279 g/mol. The molecule has 0 fully saturated rings. The van der Waals surface area contributed by atoms with E-state index in [1.54, 1.807) is 0 Å². The molecule has 2 rings (SSSR count). The van der Waals surface area contributed by atoms with Crippen molar-refractivity contribution in [2.45, 2.75) is 13.5 Å². The number of ether oxygens (including phenoxy) is 1. The van der Waals surface area contributed by atoms with Gasteiger partial charge in [-0.2, -0.15) is 0 Å². The van der Waals surface area contributed by atoms with Crippen molar-refractivity contribution in [2.24, 2.45) is 0 Å². The number of carbonyl (C=O) groups is 1. The van der Waals surface area contributed by atoms with Crippen molar-refractivity contribution < 1.29 is 9.53 Å². The minimum absolute atomic E-state index is 0.0794. The van der Waals surface area contributed by atoms with Gasteiger partial charge < -0.3 is 10.1 Å². The molecule has 0 saturated carbocycles. The third-order valence-electron chi connectivity index (χ3n) is 2.74. The zero-order valence-corrected chi connectivity index (χ0v) is 11.9. The lowest BCUT2D eigenvalue weighted by molar-refractivity contribution is -0.118. The summed E-state index contributed by atoms with van der Waals surface area (Å²) in [5, 5.41) is 2.63. The lowest BCUT2D eigenvalue weighted by atomic mass is 10.2. The van der Waals surface area contributed by atoms with E-state index in [4.69, 9.17) is 4.74 Å². The summed E-state index contributed by atoms with van der Waals surface area (Å²) in [5.74, 6) is 6.59. The molecule has 3 nitrogen and oxygen atoms in total. The highest BCUT2D eigenvalue weighted by molar-refractivity contribution is 5.73. The predicted molar refractivity (Wildman–Crippen MR) is 82.8 cm³/mol. The molecule has 0 saturated heterocycles.